The standard InChI is InChI=1S/C36H43N5O3/c1-22-16-26(18-27-21-41(14-12-30(22)27)13-11-29(43)17-24-5-8-28(42)9-6-24)33-20-38-35-34(39-33)32(19-37-35)25-7-10-31(23(2)15-25)36(44)40(3)4/h7,10,15-16,18-20,24,28,42H,5-6,8-9,11-14,17,21H2,1-4H3,(H,37,38). The number of amides is 1. The Kier molecular flexibility index (Phi) is 8.65. The molecule has 0 saturated heterocycles. The fourth-order valence-electron chi connectivity index (χ4n) is 6.94. The molecule has 2 aliphatic rings. The lowest BCUT2D eigenvalue weighted by atomic mass is 9.84. The van der Waals surface area contributed by atoms with Crippen LogP contribution in [0.25, 0.3) is 33.5 Å². The van der Waals surface area contributed by atoms with E-state index in [-0.39, 0.29) is 12.0 Å². The van der Waals surface area contributed by atoms with E-state index in [0.29, 0.717) is 30.1 Å². The minimum absolute atomic E-state index is 0.0102. The van der Waals surface area contributed by atoms with Gasteiger partial charge < -0.3 is 15.0 Å². The second kappa shape index (κ2) is 12.6. The van der Waals surface area contributed by atoms with Crippen LogP contribution in [0, 0.1) is 19.8 Å². The number of Topliss-reactive ketones (excluding diaryl/α,β-unsaturated/α-hetero) is 1. The molecule has 0 bridgehead atoms. The summed E-state index contributed by atoms with van der Waals surface area (Å²) in [5.74, 6) is 0.777. The fourth-order valence-corrected chi connectivity index (χ4v) is 6.94. The van der Waals surface area contributed by atoms with Crippen molar-refractivity contribution in [2.24, 2.45) is 5.92 Å². The van der Waals surface area contributed by atoms with Crippen molar-refractivity contribution in [1.29, 1.82) is 0 Å². The Bertz CT molecular complexity index is 1700. The first kappa shape index (κ1) is 30.2. The zero-order valence-corrected chi connectivity index (χ0v) is 26.3. The first-order valence-corrected chi connectivity index (χ1v) is 15.9. The number of carbonyl (C=O) groups excluding carboxylic acids is 2. The summed E-state index contributed by atoms with van der Waals surface area (Å²) in [7, 11) is 3.53. The minimum Gasteiger partial charge on any atom is -0.393 e. The molecule has 0 unspecified atom stereocenters. The molecule has 1 aliphatic carbocycles. The smallest absolute Gasteiger partial charge is 0.253 e. The molecule has 0 radical (unpaired) electrons. The largest absolute Gasteiger partial charge is 0.393 e. The maximum absolute atomic E-state index is 12.8. The lowest BCUT2D eigenvalue weighted by Gasteiger charge is -2.30. The lowest BCUT2D eigenvalue weighted by molar-refractivity contribution is -0.120. The number of aromatic nitrogens is 3. The van der Waals surface area contributed by atoms with E-state index in [1.807, 2.05) is 37.5 Å². The summed E-state index contributed by atoms with van der Waals surface area (Å²) in [5, 5.41) is 9.76. The molecule has 8 heteroatoms. The zero-order chi connectivity index (χ0) is 31.0. The quantitative estimate of drug-likeness (QED) is 0.265. The van der Waals surface area contributed by atoms with Gasteiger partial charge in [-0.3, -0.25) is 14.5 Å². The molecule has 2 aromatic carbocycles. The van der Waals surface area contributed by atoms with Gasteiger partial charge in [-0.2, -0.15) is 0 Å². The number of nitrogens with zero attached hydrogens (tertiary/aromatic N) is 4. The van der Waals surface area contributed by atoms with Crippen LogP contribution in [0.4, 0.5) is 0 Å². The highest BCUT2D eigenvalue weighted by Crippen LogP contribution is 2.33. The number of aliphatic hydroxyl groups is 1. The van der Waals surface area contributed by atoms with Gasteiger partial charge in [0.05, 0.1) is 18.0 Å². The highest BCUT2D eigenvalue weighted by atomic mass is 16.3. The second-order valence-corrected chi connectivity index (χ2v) is 13.0. The molecule has 0 spiro atoms. The molecule has 1 amide bonds. The van der Waals surface area contributed by atoms with E-state index in [4.69, 9.17) is 9.97 Å². The molecule has 4 aromatic rings. The van der Waals surface area contributed by atoms with Gasteiger partial charge in [0.2, 0.25) is 0 Å². The molecule has 44 heavy (non-hydrogen) atoms. The summed E-state index contributed by atoms with van der Waals surface area (Å²) < 4.78 is 0. The van der Waals surface area contributed by atoms with Gasteiger partial charge in [0.15, 0.2) is 5.65 Å². The molecule has 1 saturated carbocycles. The number of aromatic amines is 1. The van der Waals surface area contributed by atoms with Crippen LogP contribution < -0.4 is 0 Å². The Morgan fingerprint density at radius 3 is 2.57 bits per heavy atom. The summed E-state index contributed by atoms with van der Waals surface area (Å²) in [4.78, 5) is 42.4. The number of carbonyl (C=O) groups is 2. The molecule has 1 aliphatic heterocycles. The number of aryl methyl sites for hydroxylation is 2. The van der Waals surface area contributed by atoms with Crippen molar-refractivity contribution in [2.75, 3.05) is 27.2 Å². The molecular weight excluding hydrogens is 550 g/mol. The van der Waals surface area contributed by atoms with Crippen molar-refractivity contribution in [3.05, 3.63) is 70.5 Å². The van der Waals surface area contributed by atoms with E-state index in [1.54, 1.807) is 19.0 Å². The van der Waals surface area contributed by atoms with Gasteiger partial charge in [-0.25, -0.2) is 9.97 Å². The molecule has 1 fully saturated rings. The van der Waals surface area contributed by atoms with Gasteiger partial charge in [-0.05, 0) is 97.9 Å². The molecule has 3 heterocycles. The van der Waals surface area contributed by atoms with Crippen molar-refractivity contribution >= 4 is 22.9 Å². The third kappa shape index (κ3) is 6.33. The monoisotopic (exact) mass is 593 g/mol. The van der Waals surface area contributed by atoms with Crippen LogP contribution in [0.1, 0.15) is 71.1 Å². The second-order valence-electron chi connectivity index (χ2n) is 13.0. The van der Waals surface area contributed by atoms with Gasteiger partial charge in [-0.1, -0.05) is 12.1 Å². The van der Waals surface area contributed by atoms with Gasteiger partial charge in [0.1, 0.15) is 11.3 Å². The predicted octanol–water partition coefficient (Wildman–Crippen LogP) is 5.87. The van der Waals surface area contributed by atoms with Crippen molar-refractivity contribution in [2.45, 2.75) is 71.4 Å². The van der Waals surface area contributed by atoms with E-state index < -0.39 is 0 Å². The van der Waals surface area contributed by atoms with Crippen molar-refractivity contribution in [1.82, 2.24) is 24.8 Å². The lowest BCUT2D eigenvalue weighted by Crippen LogP contribution is -2.33. The number of ketones is 1. The van der Waals surface area contributed by atoms with Crippen LogP contribution in [0.15, 0.2) is 42.7 Å². The summed E-state index contributed by atoms with van der Waals surface area (Å²) >= 11 is 0. The summed E-state index contributed by atoms with van der Waals surface area (Å²) in [5.41, 5.74) is 10.9. The van der Waals surface area contributed by atoms with Crippen LogP contribution >= 0.6 is 0 Å². The van der Waals surface area contributed by atoms with E-state index in [0.717, 1.165) is 90.8 Å². The van der Waals surface area contributed by atoms with Crippen LogP contribution in [-0.2, 0) is 17.8 Å². The van der Waals surface area contributed by atoms with Crippen molar-refractivity contribution in [3.63, 3.8) is 0 Å². The number of fused-ring (bicyclic) bond motifs is 2. The normalized spacial score (nSPS) is 18.8. The Morgan fingerprint density at radius 2 is 1.82 bits per heavy atom. The number of benzene rings is 2. The van der Waals surface area contributed by atoms with Crippen LogP contribution in [0.5, 0.6) is 0 Å². The van der Waals surface area contributed by atoms with E-state index >= 15 is 0 Å². The maximum atomic E-state index is 12.8. The number of hydrogen-bond donors (Lipinski definition) is 2. The molecule has 230 valence electrons. The summed E-state index contributed by atoms with van der Waals surface area (Å²) in [6, 6.07) is 10.4. The number of H-pyrrole nitrogens is 1. The molecule has 6 rings (SSSR count). The Balaban J connectivity index is 1.19. The number of aliphatic hydroxyl groups excluding tert-OH is 1. The van der Waals surface area contributed by atoms with Crippen LogP contribution in [0.2, 0.25) is 0 Å². The summed E-state index contributed by atoms with van der Waals surface area (Å²) in [6.07, 6.45) is 9.41. The first-order valence-electron chi connectivity index (χ1n) is 15.9. The van der Waals surface area contributed by atoms with E-state index in [1.165, 1.54) is 16.7 Å². The molecule has 0 atom stereocenters. The van der Waals surface area contributed by atoms with Crippen LogP contribution in [-0.4, -0.2) is 74.8 Å². The minimum atomic E-state index is -0.177. The zero-order valence-electron chi connectivity index (χ0n) is 26.3. The average Bonchev–Trinajstić information content (AvgIpc) is 3.44. The highest BCUT2D eigenvalue weighted by molar-refractivity contribution is 5.97. The maximum Gasteiger partial charge on any atom is 0.253 e. The number of rotatable bonds is 8. The van der Waals surface area contributed by atoms with Gasteiger partial charge in [-0.15, -0.1) is 0 Å². The fraction of sp³-hybridized carbons (Fsp3) is 0.444. The Morgan fingerprint density at radius 1 is 1.05 bits per heavy atom. The SMILES string of the molecule is Cc1cc(-c2c[nH]c3ncc(-c4cc(C)c5c(c4)CN(CCC(=O)CC4CCC(O)CC4)CC5)nc23)ccc1C(=O)N(C)C. The van der Waals surface area contributed by atoms with Crippen molar-refractivity contribution in [3.8, 4) is 22.4 Å². The van der Waals surface area contributed by atoms with E-state index in [2.05, 4.69) is 28.9 Å². The third-order valence-corrected chi connectivity index (χ3v) is 9.53. The molecule has 8 nitrogen and oxygen atoms in total. The topological polar surface area (TPSA) is 102 Å². The van der Waals surface area contributed by atoms with Gasteiger partial charge in [0, 0.05) is 69.5 Å². The third-order valence-electron chi connectivity index (χ3n) is 9.53. The molecule has 2 N–H and O–H groups in total. The van der Waals surface area contributed by atoms with Crippen molar-refractivity contribution < 1.29 is 14.7 Å². The van der Waals surface area contributed by atoms with Gasteiger partial charge in [0.25, 0.3) is 5.91 Å². The predicted molar refractivity (Wildman–Crippen MR) is 173 cm³/mol. The Hall–Kier alpha value is -3.88. The summed E-state index contributed by atoms with van der Waals surface area (Å²) in [6.45, 7) is 6.72. The van der Waals surface area contributed by atoms with Crippen LogP contribution in [0.3, 0.4) is 0 Å². The average molecular weight is 594 g/mol. The van der Waals surface area contributed by atoms with E-state index in [9.17, 15) is 14.7 Å². The first-order chi connectivity index (χ1) is 21.2. The number of hydrogen-bond acceptors (Lipinski definition) is 6. The van der Waals surface area contributed by atoms with Gasteiger partial charge >= 0.3 is 0 Å². The highest BCUT2D eigenvalue weighted by Gasteiger charge is 2.24. The molecular formula is C36H43N5O3. The Labute approximate surface area is 259 Å². The number of nitrogens with one attached hydrogen (secondary N) is 1. The molecule has 2 aromatic heterocycles.